The van der Waals surface area contributed by atoms with Gasteiger partial charge < -0.3 is 38.8 Å². The van der Waals surface area contributed by atoms with Gasteiger partial charge in [0.05, 0.1) is 6.33 Å². The van der Waals surface area contributed by atoms with Crippen molar-refractivity contribution in [1.82, 2.24) is 39.0 Å². The molecule has 0 saturated heterocycles. The molecule has 0 spiro atoms. The molecule has 340 valence electrons. The Morgan fingerprint density at radius 3 is 1.83 bits per heavy atom. The van der Waals surface area contributed by atoms with E-state index < -0.39 is 0 Å². The van der Waals surface area contributed by atoms with Crippen molar-refractivity contribution in [3.8, 4) is 23.0 Å². The minimum Gasteiger partial charge on any atom is -0.454 e. The van der Waals surface area contributed by atoms with Crippen molar-refractivity contribution >= 4 is 83.5 Å². The minimum atomic E-state index is 0.185. The number of hydrogen-bond donors (Lipinski definition) is 3. The van der Waals surface area contributed by atoms with Crippen LogP contribution in [0.2, 0.25) is 0 Å². The molecule has 0 amide bonds. The molecule has 0 fully saturated rings. The molecule has 6 heterocycles. The number of rotatable bonds is 14. The van der Waals surface area contributed by atoms with E-state index in [2.05, 4.69) is 143 Å². The van der Waals surface area contributed by atoms with E-state index in [1.807, 2.05) is 30.3 Å². The second-order valence-electron chi connectivity index (χ2n) is 16.2. The van der Waals surface area contributed by atoms with Crippen LogP contribution < -0.4 is 30.2 Å². The molecule has 4 aromatic carbocycles. The summed E-state index contributed by atoms with van der Waals surface area (Å²) in [6, 6.07) is 29.0. The number of nitrogen functional groups attached to an aromatic ring is 1. The lowest BCUT2D eigenvalue weighted by Crippen LogP contribution is -2.20. The zero-order valence-electron chi connectivity index (χ0n) is 36.7. The summed E-state index contributed by atoms with van der Waals surface area (Å²) in [6.45, 7) is 11.0. The number of aromatic nitrogens is 8. The largest absolute Gasteiger partial charge is 0.454 e. The third-order valence-electron chi connectivity index (χ3n) is 12.2. The van der Waals surface area contributed by atoms with Gasteiger partial charge in [-0.15, -0.1) is 0 Å². The Labute approximate surface area is 407 Å². The molecule has 2 aliphatic rings. The van der Waals surface area contributed by atoms with Crippen LogP contribution in [0.25, 0.3) is 22.3 Å². The quantitative estimate of drug-likeness (QED) is 0.0941. The van der Waals surface area contributed by atoms with Crippen molar-refractivity contribution in [1.29, 1.82) is 5.41 Å². The van der Waals surface area contributed by atoms with Gasteiger partial charge in [0.2, 0.25) is 13.6 Å². The van der Waals surface area contributed by atoms with Gasteiger partial charge >= 0.3 is 0 Å². The van der Waals surface area contributed by atoms with Gasteiger partial charge in [-0.05, 0) is 79.1 Å². The average Bonchev–Trinajstić information content (AvgIpc) is 4.16. The smallest absolute Gasteiger partial charge is 0.231 e. The molecule has 10 rings (SSSR count). The number of nitrogens with two attached hydrogens (primary N) is 1. The van der Waals surface area contributed by atoms with Gasteiger partial charge in [-0.3, -0.25) is 5.41 Å². The second-order valence-corrected chi connectivity index (χ2v) is 20.0. The van der Waals surface area contributed by atoms with Gasteiger partial charge in [-0.2, -0.15) is 0 Å². The monoisotopic (exact) mass is 1050 g/mol. The van der Waals surface area contributed by atoms with E-state index in [-0.39, 0.29) is 19.1 Å². The van der Waals surface area contributed by atoms with Crippen molar-refractivity contribution in [2.24, 2.45) is 11.8 Å². The Bertz CT molecular complexity index is 3060. The molecular weight excluding hydrogens is 1000 g/mol. The summed E-state index contributed by atoms with van der Waals surface area (Å²) in [4.78, 5) is 28.0. The molecule has 4 N–H and O–H groups in total. The zero-order valence-corrected chi connectivity index (χ0v) is 41.5. The fraction of sp³-hybridized carbons (Fsp3) is 0.292. The molecule has 4 unspecified atom stereocenters. The Morgan fingerprint density at radius 1 is 0.712 bits per heavy atom. The second kappa shape index (κ2) is 20.1. The number of H-pyrrole nitrogens is 1. The van der Waals surface area contributed by atoms with Crippen LogP contribution in [0.5, 0.6) is 23.0 Å². The van der Waals surface area contributed by atoms with Gasteiger partial charge in [0, 0.05) is 43.7 Å². The van der Waals surface area contributed by atoms with E-state index >= 15 is 0 Å². The van der Waals surface area contributed by atoms with Crippen LogP contribution in [0.4, 0.5) is 5.82 Å². The standard InChI is InChI=1S/2C24H24BrN5O2S/c1-3-14(2)16(15-7-5-4-6-8-15)11-30-12-27-22(26)21-23(30)29-24(28-21)33-20-10-19-18(9-17(20)25)31-13-32-19;1-3-14(2)16(15-7-5-4-6-8-15)11-30-23-21(22(26)27-12-28-23)29-24(30)33-20-10-19-18(9-17(20)25)31-13-32-19/h4-10,12,14,16,26H,3,11,13H2,1-2H3,(H,28,29);4-10,12,14,16H,3,11,13H2,1-2H3,(H2,26,27,28). The molecule has 0 aliphatic carbocycles. The molecule has 0 saturated carbocycles. The summed E-state index contributed by atoms with van der Waals surface area (Å²) in [5, 5.41) is 9.81. The molecule has 0 bridgehead atoms. The van der Waals surface area contributed by atoms with E-state index in [1.54, 1.807) is 18.1 Å². The molecule has 18 heteroatoms. The number of anilines is 1. The van der Waals surface area contributed by atoms with E-state index in [1.165, 1.54) is 29.2 Å². The molecule has 4 aromatic heterocycles. The predicted octanol–water partition coefficient (Wildman–Crippen LogP) is 11.6. The van der Waals surface area contributed by atoms with Crippen molar-refractivity contribution in [3.63, 3.8) is 0 Å². The Morgan fingerprint density at radius 2 is 1.26 bits per heavy atom. The molecule has 66 heavy (non-hydrogen) atoms. The summed E-state index contributed by atoms with van der Waals surface area (Å²) in [7, 11) is 0. The van der Waals surface area contributed by atoms with Crippen molar-refractivity contribution in [2.75, 3.05) is 19.3 Å². The number of hydrogen-bond acceptors (Lipinski definition) is 13. The number of halogens is 2. The van der Waals surface area contributed by atoms with Crippen LogP contribution in [0.15, 0.2) is 127 Å². The van der Waals surface area contributed by atoms with Crippen LogP contribution >= 0.6 is 55.4 Å². The number of fused-ring (bicyclic) bond motifs is 4. The Kier molecular flexibility index (Phi) is 13.9. The Balaban J connectivity index is 0.000000166. The van der Waals surface area contributed by atoms with E-state index in [9.17, 15) is 0 Å². The van der Waals surface area contributed by atoms with Gasteiger partial charge in [-0.25, -0.2) is 24.9 Å². The maximum atomic E-state index is 8.31. The number of aromatic amines is 1. The van der Waals surface area contributed by atoms with E-state index in [4.69, 9.17) is 40.1 Å². The first-order chi connectivity index (χ1) is 32.1. The van der Waals surface area contributed by atoms with Crippen molar-refractivity contribution < 1.29 is 18.9 Å². The van der Waals surface area contributed by atoms with Crippen LogP contribution in [-0.4, -0.2) is 52.6 Å². The summed E-state index contributed by atoms with van der Waals surface area (Å²) in [6.07, 6.45) is 5.38. The minimum absolute atomic E-state index is 0.185. The van der Waals surface area contributed by atoms with Crippen LogP contribution in [0.1, 0.15) is 63.5 Å². The lowest BCUT2D eigenvalue weighted by Gasteiger charge is -2.25. The molecule has 14 nitrogen and oxygen atoms in total. The topological polar surface area (TPSA) is 177 Å². The lowest BCUT2D eigenvalue weighted by molar-refractivity contribution is 0.173. The maximum absolute atomic E-state index is 8.31. The first-order valence-corrected chi connectivity index (χ1v) is 24.9. The third-order valence-corrected chi connectivity index (χ3v) is 16.0. The summed E-state index contributed by atoms with van der Waals surface area (Å²) < 4.78 is 28.1. The van der Waals surface area contributed by atoms with Gasteiger partial charge in [0.15, 0.2) is 61.4 Å². The fourth-order valence-electron chi connectivity index (χ4n) is 8.08. The zero-order chi connectivity index (χ0) is 45.9. The number of nitrogens with one attached hydrogen (secondary N) is 2. The first-order valence-electron chi connectivity index (χ1n) is 21.7. The third kappa shape index (κ3) is 9.64. The molecule has 4 atom stereocenters. The summed E-state index contributed by atoms with van der Waals surface area (Å²) in [5.74, 6) is 4.85. The fourth-order valence-corrected chi connectivity index (χ4v) is 11.0. The molecule has 8 aromatic rings. The van der Waals surface area contributed by atoms with Crippen molar-refractivity contribution in [3.05, 3.63) is 123 Å². The maximum Gasteiger partial charge on any atom is 0.231 e. The summed E-state index contributed by atoms with van der Waals surface area (Å²) >= 11 is 10.3. The summed E-state index contributed by atoms with van der Waals surface area (Å²) in [5.41, 5.74) is 11.7. The van der Waals surface area contributed by atoms with Crippen molar-refractivity contribution in [2.45, 2.75) is 85.6 Å². The van der Waals surface area contributed by atoms with E-state index in [0.717, 1.165) is 78.4 Å². The first kappa shape index (κ1) is 45.6. The van der Waals surface area contributed by atoms with Gasteiger partial charge in [0.1, 0.15) is 11.8 Å². The number of ether oxygens (including phenoxy) is 4. The predicted molar refractivity (Wildman–Crippen MR) is 264 cm³/mol. The average molecular weight is 1050 g/mol. The molecule has 0 radical (unpaired) electrons. The van der Waals surface area contributed by atoms with E-state index in [0.29, 0.717) is 51.4 Å². The van der Waals surface area contributed by atoms with Gasteiger partial charge in [0.25, 0.3) is 0 Å². The highest BCUT2D eigenvalue weighted by Gasteiger charge is 2.26. The SMILES string of the molecule is CCC(C)C(Cn1c(Sc2cc3c(cc2Br)OCO3)nc2c(N)ncnc21)c1ccccc1.CCC(C)C(Cn1cnc(=N)c2[nH]c(Sc3cc4c(cc3Br)OCO4)nc21)c1ccccc1. The van der Waals surface area contributed by atoms with Crippen LogP contribution in [-0.2, 0) is 13.1 Å². The molecule has 2 aliphatic heterocycles. The molecular formula is C48H48Br2N10O4S2. The normalized spacial score (nSPS) is 14.5. The highest BCUT2D eigenvalue weighted by molar-refractivity contribution is 9.10. The van der Waals surface area contributed by atoms with Gasteiger partial charge in [-0.1, -0.05) is 125 Å². The number of nitrogens with zero attached hydrogens (tertiary/aromatic N) is 7. The highest BCUT2D eigenvalue weighted by Crippen LogP contribution is 2.45. The lowest BCUT2D eigenvalue weighted by atomic mass is 9.85. The highest BCUT2D eigenvalue weighted by atomic mass is 79.9. The van der Waals surface area contributed by atoms with Crippen LogP contribution in [0, 0.1) is 17.2 Å². The number of benzene rings is 4. The van der Waals surface area contributed by atoms with Crippen LogP contribution in [0.3, 0.4) is 0 Å². The number of imidazole rings is 2. The Hall–Kier alpha value is -5.56.